The number of amides is 1. The molecule has 0 bridgehead atoms. The predicted octanol–water partition coefficient (Wildman–Crippen LogP) is 5.58. The van der Waals surface area contributed by atoms with Crippen molar-refractivity contribution in [2.24, 2.45) is 0 Å². The molecule has 0 spiro atoms. The first kappa shape index (κ1) is 22.4. The predicted molar refractivity (Wildman–Crippen MR) is 129 cm³/mol. The van der Waals surface area contributed by atoms with Gasteiger partial charge < -0.3 is 14.8 Å². The molecule has 0 fully saturated rings. The molecule has 8 heteroatoms. The number of aryl methyl sites for hydroxylation is 1. The lowest BCUT2D eigenvalue weighted by molar-refractivity contribution is 0.216. The average molecular weight is 461 g/mol. The van der Waals surface area contributed by atoms with Gasteiger partial charge in [0.1, 0.15) is 17.2 Å². The van der Waals surface area contributed by atoms with Crippen molar-refractivity contribution in [3.8, 4) is 16.6 Å². The van der Waals surface area contributed by atoms with Crippen molar-refractivity contribution in [1.82, 2.24) is 14.9 Å². The highest BCUT2D eigenvalue weighted by molar-refractivity contribution is 7.07. The number of anilines is 1. The molecule has 1 aromatic heterocycles. The summed E-state index contributed by atoms with van der Waals surface area (Å²) in [5.74, 6) is 1.43. The first-order valence-electron chi connectivity index (χ1n) is 10.5. The van der Waals surface area contributed by atoms with E-state index in [-0.39, 0.29) is 0 Å². The Hall–Kier alpha value is -3.75. The van der Waals surface area contributed by atoms with Gasteiger partial charge >= 0.3 is 6.09 Å². The van der Waals surface area contributed by atoms with Crippen molar-refractivity contribution in [2.45, 2.75) is 19.9 Å². The van der Waals surface area contributed by atoms with Crippen LogP contribution in [0.3, 0.4) is 0 Å². The van der Waals surface area contributed by atoms with Crippen LogP contribution in [-0.4, -0.2) is 22.2 Å². The maximum atomic E-state index is 12.0. The van der Waals surface area contributed by atoms with Crippen molar-refractivity contribution in [2.75, 3.05) is 11.9 Å². The number of carbonyl (C=O) groups is 1. The number of carbonyl (C=O) groups excluding carboxylic acids is 1. The zero-order valence-corrected chi connectivity index (χ0v) is 19.0. The quantitative estimate of drug-likeness (QED) is 0.317. The van der Waals surface area contributed by atoms with E-state index in [1.807, 2.05) is 18.2 Å². The van der Waals surface area contributed by atoms with Crippen LogP contribution in [0, 0.1) is 6.92 Å². The van der Waals surface area contributed by atoms with Crippen molar-refractivity contribution in [3.05, 3.63) is 95.7 Å². The first-order valence-corrected chi connectivity index (χ1v) is 11.3. The van der Waals surface area contributed by atoms with Gasteiger partial charge in [0.25, 0.3) is 0 Å². The van der Waals surface area contributed by atoms with Gasteiger partial charge in [-0.1, -0.05) is 47.0 Å². The number of hydrogen-bond acceptors (Lipinski definition) is 7. The standard InChI is InChI=1S/C25H24N4O3S/c1-18-24(33-29-28-18)32-25(30)27-21-9-13-23(14-10-21)31-22-11-7-19(8-12-22)15-16-26-17-20-5-3-2-4-6-20/h2-14,26H,15-17H2,1H3,(H,27,30). The highest BCUT2D eigenvalue weighted by Gasteiger charge is 2.11. The minimum Gasteiger partial charge on any atom is -0.457 e. The fourth-order valence-corrected chi connectivity index (χ4v) is 3.60. The van der Waals surface area contributed by atoms with Crippen LogP contribution in [0.1, 0.15) is 16.8 Å². The van der Waals surface area contributed by atoms with E-state index >= 15 is 0 Å². The van der Waals surface area contributed by atoms with E-state index in [0.29, 0.717) is 22.2 Å². The maximum Gasteiger partial charge on any atom is 0.418 e. The monoisotopic (exact) mass is 460 g/mol. The summed E-state index contributed by atoms with van der Waals surface area (Å²) in [6.45, 7) is 3.51. The maximum absolute atomic E-state index is 12.0. The van der Waals surface area contributed by atoms with Crippen LogP contribution in [0.2, 0.25) is 0 Å². The Morgan fingerprint density at radius 2 is 1.61 bits per heavy atom. The van der Waals surface area contributed by atoms with Crippen LogP contribution in [0.15, 0.2) is 78.9 Å². The minimum atomic E-state index is -0.591. The fraction of sp³-hybridized carbons (Fsp3) is 0.160. The number of benzene rings is 3. The highest BCUT2D eigenvalue weighted by Crippen LogP contribution is 2.24. The Labute approximate surface area is 196 Å². The van der Waals surface area contributed by atoms with E-state index < -0.39 is 6.09 Å². The van der Waals surface area contributed by atoms with Gasteiger partial charge in [-0.25, -0.2) is 4.79 Å². The Kier molecular flexibility index (Phi) is 7.63. The number of nitrogens with zero attached hydrogens (tertiary/aromatic N) is 2. The number of ether oxygens (including phenoxy) is 2. The van der Waals surface area contributed by atoms with E-state index in [1.165, 1.54) is 11.1 Å². The van der Waals surface area contributed by atoms with Crippen molar-refractivity contribution in [3.63, 3.8) is 0 Å². The lowest BCUT2D eigenvalue weighted by Gasteiger charge is -2.09. The van der Waals surface area contributed by atoms with Crippen LogP contribution in [-0.2, 0) is 13.0 Å². The van der Waals surface area contributed by atoms with Crippen LogP contribution < -0.4 is 20.1 Å². The molecule has 0 radical (unpaired) electrons. The molecule has 1 heterocycles. The normalized spacial score (nSPS) is 10.6. The summed E-state index contributed by atoms with van der Waals surface area (Å²) in [4.78, 5) is 12.0. The molecule has 0 unspecified atom stereocenters. The number of hydrogen-bond donors (Lipinski definition) is 2. The smallest absolute Gasteiger partial charge is 0.418 e. The van der Waals surface area contributed by atoms with Crippen molar-refractivity contribution in [1.29, 1.82) is 0 Å². The molecule has 4 aromatic rings. The second-order valence-electron chi connectivity index (χ2n) is 7.34. The third-order valence-corrected chi connectivity index (χ3v) is 5.53. The Morgan fingerprint density at radius 1 is 0.909 bits per heavy atom. The van der Waals surface area contributed by atoms with E-state index in [4.69, 9.17) is 9.47 Å². The molecule has 2 N–H and O–H groups in total. The molecule has 0 aliphatic heterocycles. The van der Waals surface area contributed by atoms with Crippen LogP contribution in [0.4, 0.5) is 10.5 Å². The molecule has 0 atom stereocenters. The number of rotatable bonds is 9. The van der Waals surface area contributed by atoms with Gasteiger partial charge in [0.2, 0.25) is 5.06 Å². The molecule has 4 rings (SSSR count). The van der Waals surface area contributed by atoms with Gasteiger partial charge in [0.05, 0.1) is 0 Å². The van der Waals surface area contributed by atoms with Crippen molar-refractivity contribution < 1.29 is 14.3 Å². The largest absolute Gasteiger partial charge is 0.457 e. The van der Waals surface area contributed by atoms with Gasteiger partial charge in [0.15, 0.2) is 0 Å². The second-order valence-corrected chi connectivity index (χ2v) is 8.06. The lowest BCUT2D eigenvalue weighted by Crippen LogP contribution is -2.16. The van der Waals surface area contributed by atoms with E-state index in [1.54, 1.807) is 31.2 Å². The molecule has 33 heavy (non-hydrogen) atoms. The summed E-state index contributed by atoms with van der Waals surface area (Å²) >= 11 is 1.03. The average Bonchev–Trinajstić information content (AvgIpc) is 3.24. The van der Waals surface area contributed by atoms with E-state index in [0.717, 1.165) is 36.8 Å². The molecule has 0 aliphatic rings. The van der Waals surface area contributed by atoms with Crippen LogP contribution in [0.25, 0.3) is 0 Å². The third kappa shape index (κ3) is 6.86. The molecule has 3 aromatic carbocycles. The first-order chi connectivity index (χ1) is 16.2. The molecular weight excluding hydrogens is 436 g/mol. The third-order valence-electron chi connectivity index (χ3n) is 4.82. The van der Waals surface area contributed by atoms with Gasteiger partial charge in [-0.3, -0.25) is 5.32 Å². The van der Waals surface area contributed by atoms with Gasteiger partial charge in [0, 0.05) is 23.8 Å². The summed E-state index contributed by atoms with van der Waals surface area (Å²) in [6, 6.07) is 25.5. The Morgan fingerprint density at radius 3 is 2.27 bits per heavy atom. The number of nitrogens with one attached hydrogen (secondary N) is 2. The number of aromatic nitrogens is 2. The zero-order valence-electron chi connectivity index (χ0n) is 18.2. The Bertz CT molecular complexity index is 1160. The lowest BCUT2D eigenvalue weighted by atomic mass is 10.1. The fourth-order valence-electron chi connectivity index (χ4n) is 3.07. The molecule has 1 amide bonds. The summed E-state index contributed by atoms with van der Waals surface area (Å²) < 4.78 is 14.8. The zero-order chi connectivity index (χ0) is 22.9. The van der Waals surface area contributed by atoms with Gasteiger partial charge in [-0.2, -0.15) is 0 Å². The summed E-state index contributed by atoms with van der Waals surface area (Å²) in [6.07, 6.45) is 0.354. The Balaban J connectivity index is 1.21. The SMILES string of the molecule is Cc1nnsc1OC(=O)Nc1ccc(Oc2ccc(CCNCc3ccccc3)cc2)cc1. The minimum absolute atomic E-state index is 0.378. The van der Waals surface area contributed by atoms with Crippen LogP contribution in [0.5, 0.6) is 16.6 Å². The molecule has 0 aliphatic carbocycles. The summed E-state index contributed by atoms with van der Waals surface area (Å²) in [5, 5.41) is 10.3. The second kappa shape index (κ2) is 11.2. The van der Waals surface area contributed by atoms with E-state index in [9.17, 15) is 4.79 Å². The van der Waals surface area contributed by atoms with Crippen LogP contribution >= 0.6 is 11.5 Å². The van der Waals surface area contributed by atoms with Gasteiger partial charge in [-0.15, -0.1) is 5.10 Å². The molecule has 0 saturated carbocycles. The molecule has 0 saturated heterocycles. The molecule has 7 nitrogen and oxygen atoms in total. The van der Waals surface area contributed by atoms with E-state index in [2.05, 4.69) is 56.6 Å². The summed E-state index contributed by atoms with van der Waals surface area (Å²) in [7, 11) is 0. The topological polar surface area (TPSA) is 85.4 Å². The van der Waals surface area contributed by atoms with Crippen molar-refractivity contribution >= 4 is 23.3 Å². The molecule has 168 valence electrons. The molecular formula is C25H24N4O3S. The van der Waals surface area contributed by atoms with Gasteiger partial charge in [-0.05, 0) is 67.4 Å². The highest BCUT2D eigenvalue weighted by atomic mass is 32.1. The summed E-state index contributed by atoms with van der Waals surface area (Å²) in [5.41, 5.74) is 3.70.